The molecule has 0 spiro atoms. The van der Waals surface area contributed by atoms with Gasteiger partial charge in [-0.2, -0.15) is 0 Å². The summed E-state index contributed by atoms with van der Waals surface area (Å²) in [6.45, 7) is 3.81. The normalized spacial score (nSPS) is 24.8. The van der Waals surface area contributed by atoms with Crippen LogP contribution in [-0.4, -0.2) is 35.0 Å². The van der Waals surface area contributed by atoms with Crippen molar-refractivity contribution in [2.75, 3.05) is 23.7 Å². The summed E-state index contributed by atoms with van der Waals surface area (Å²) in [5, 5.41) is 9.76. The lowest BCUT2D eigenvalue weighted by atomic mass is 10.0. The third kappa shape index (κ3) is 3.64. The summed E-state index contributed by atoms with van der Waals surface area (Å²) >= 11 is 0. The van der Waals surface area contributed by atoms with E-state index in [0.717, 1.165) is 47.7 Å². The predicted molar refractivity (Wildman–Crippen MR) is 98.3 cm³/mol. The van der Waals surface area contributed by atoms with E-state index in [2.05, 4.69) is 25.9 Å². The van der Waals surface area contributed by atoms with E-state index >= 15 is 0 Å². The summed E-state index contributed by atoms with van der Waals surface area (Å²) in [6.07, 6.45) is 6.04. The fourth-order valence-corrected chi connectivity index (χ4v) is 3.97. The summed E-state index contributed by atoms with van der Waals surface area (Å²) in [6, 6.07) is 8.13. The highest BCUT2D eigenvalue weighted by atomic mass is 16.1. The molecule has 2 aromatic rings. The van der Waals surface area contributed by atoms with Gasteiger partial charge in [0, 0.05) is 24.2 Å². The summed E-state index contributed by atoms with van der Waals surface area (Å²) in [7, 11) is 0. The molecule has 2 heterocycles. The van der Waals surface area contributed by atoms with Crippen molar-refractivity contribution in [2.24, 2.45) is 11.8 Å². The SMILES string of the molecule is CC(=O)Nc1ccc(-c2cnc(N[C@@H]3C[C@H]4CNC[C@H]4C3)cn2)cc1. The summed E-state index contributed by atoms with van der Waals surface area (Å²) < 4.78 is 0. The van der Waals surface area contributed by atoms with Crippen molar-refractivity contribution >= 4 is 17.4 Å². The van der Waals surface area contributed by atoms with E-state index in [1.807, 2.05) is 30.5 Å². The lowest BCUT2D eigenvalue weighted by molar-refractivity contribution is -0.114. The van der Waals surface area contributed by atoms with Gasteiger partial charge in [-0.05, 0) is 49.9 Å². The van der Waals surface area contributed by atoms with Crippen molar-refractivity contribution in [3.63, 3.8) is 0 Å². The minimum Gasteiger partial charge on any atom is -0.366 e. The van der Waals surface area contributed by atoms with Gasteiger partial charge < -0.3 is 16.0 Å². The molecular formula is C19H23N5O. The second-order valence-corrected chi connectivity index (χ2v) is 7.04. The first-order chi connectivity index (χ1) is 12.2. The van der Waals surface area contributed by atoms with Crippen LogP contribution in [0, 0.1) is 11.8 Å². The van der Waals surface area contributed by atoms with Gasteiger partial charge >= 0.3 is 0 Å². The number of nitrogens with one attached hydrogen (secondary N) is 3. The van der Waals surface area contributed by atoms with Gasteiger partial charge in [-0.3, -0.25) is 9.78 Å². The van der Waals surface area contributed by atoms with Crippen LogP contribution < -0.4 is 16.0 Å². The molecule has 0 unspecified atom stereocenters. The smallest absolute Gasteiger partial charge is 0.221 e. The van der Waals surface area contributed by atoms with Crippen molar-refractivity contribution < 1.29 is 4.79 Å². The summed E-state index contributed by atoms with van der Waals surface area (Å²) in [5.41, 5.74) is 2.59. The molecule has 3 atom stereocenters. The molecule has 6 nitrogen and oxygen atoms in total. The van der Waals surface area contributed by atoms with E-state index in [-0.39, 0.29) is 5.91 Å². The summed E-state index contributed by atoms with van der Waals surface area (Å²) in [5.74, 6) is 2.39. The first-order valence-corrected chi connectivity index (χ1v) is 8.85. The Kier molecular flexibility index (Phi) is 4.36. The lowest BCUT2D eigenvalue weighted by Gasteiger charge is -2.14. The summed E-state index contributed by atoms with van der Waals surface area (Å²) in [4.78, 5) is 20.1. The van der Waals surface area contributed by atoms with Crippen LogP contribution >= 0.6 is 0 Å². The number of aromatic nitrogens is 2. The first-order valence-electron chi connectivity index (χ1n) is 8.85. The minimum atomic E-state index is -0.0743. The van der Waals surface area contributed by atoms with E-state index in [0.29, 0.717) is 6.04 Å². The zero-order valence-electron chi connectivity index (χ0n) is 14.3. The number of hydrogen-bond donors (Lipinski definition) is 3. The molecule has 25 heavy (non-hydrogen) atoms. The maximum absolute atomic E-state index is 11.1. The minimum absolute atomic E-state index is 0.0743. The highest BCUT2D eigenvalue weighted by molar-refractivity contribution is 5.88. The Morgan fingerprint density at radius 1 is 1.08 bits per heavy atom. The van der Waals surface area contributed by atoms with E-state index in [9.17, 15) is 4.79 Å². The van der Waals surface area contributed by atoms with E-state index in [4.69, 9.17) is 0 Å². The van der Waals surface area contributed by atoms with E-state index in [1.54, 1.807) is 6.20 Å². The molecule has 1 aromatic carbocycles. The monoisotopic (exact) mass is 337 g/mol. The van der Waals surface area contributed by atoms with Crippen LogP contribution in [0.2, 0.25) is 0 Å². The number of amides is 1. The molecule has 0 bridgehead atoms. The average Bonchev–Trinajstić information content (AvgIpc) is 3.17. The van der Waals surface area contributed by atoms with Gasteiger partial charge in [0.25, 0.3) is 0 Å². The number of fused-ring (bicyclic) bond motifs is 1. The first kappa shape index (κ1) is 16.0. The zero-order valence-corrected chi connectivity index (χ0v) is 14.3. The standard InChI is InChI=1S/C19H23N5O/c1-12(25)23-16-4-2-13(3-5-16)18-10-22-19(11-21-18)24-17-6-14-8-20-9-15(14)7-17/h2-5,10-11,14-15,17,20H,6-9H2,1H3,(H,22,24)(H,23,25)/t14-,15+,17+. The molecule has 1 aliphatic heterocycles. The molecule has 2 fully saturated rings. The molecule has 1 saturated carbocycles. The molecule has 6 heteroatoms. The van der Waals surface area contributed by atoms with Crippen LogP contribution in [0.15, 0.2) is 36.7 Å². The van der Waals surface area contributed by atoms with Crippen LogP contribution in [-0.2, 0) is 4.79 Å². The Labute approximate surface area is 147 Å². The van der Waals surface area contributed by atoms with E-state index in [1.165, 1.54) is 19.8 Å². The van der Waals surface area contributed by atoms with Crippen LogP contribution in [0.4, 0.5) is 11.5 Å². The largest absolute Gasteiger partial charge is 0.366 e. The van der Waals surface area contributed by atoms with Crippen LogP contribution in [0.5, 0.6) is 0 Å². The maximum atomic E-state index is 11.1. The number of anilines is 2. The third-order valence-electron chi connectivity index (χ3n) is 5.16. The zero-order chi connectivity index (χ0) is 17.2. The van der Waals surface area contributed by atoms with Gasteiger partial charge in [0.05, 0.1) is 18.1 Å². The van der Waals surface area contributed by atoms with Crippen molar-refractivity contribution in [2.45, 2.75) is 25.8 Å². The highest BCUT2D eigenvalue weighted by Gasteiger charge is 2.37. The average molecular weight is 337 g/mol. The quantitative estimate of drug-likeness (QED) is 0.799. The van der Waals surface area contributed by atoms with Gasteiger partial charge in [-0.15, -0.1) is 0 Å². The van der Waals surface area contributed by atoms with Crippen molar-refractivity contribution in [1.82, 2.24) is 15.3 Å². The molecule has 1 aliphatic carbocycles. The van der Waals surface area contributed by atoms with Gasteiger partial charge in [0.2, 0.25) is 5.91 Å². The third-order valence-corrected chi connectivity index (χ3v) is 5.16. The number of hydrogen-bond acceptors (Lipinski definition) is 5. The molecule has 130 valence electrons. The van der Waals surface area contributed by atoms with Crippen LogP contribution in [0.1, 0.15) is 19.8 Å². The molecule has 3 N–H and O–H groups in total. The topological polar surface area (TPSA) is 78.9 Å². The highest BCUT2D eigenvalue weighted by Crippen LogP contribution is 2.35. The van der Waals surface area contributed by atoms with Crippen molar-refractivity contribution in [3.05, 3.63) is 36.7 Å². The maximum Gasteiger partial charge on any atom is 0.221 e. The van der Waals surface area contributed by atoms with Gasteiger partial charge in [-0.1, -0.05) is 12.1 Å². The van der Waals surface area contributed by atoms with Gasteiger partial charge in [0.1, 0.15) is 5.82 Å². The molecule has 1 amide bonds. The van der Waals surface area contributed by atoms with Crippen LogP contribution in [0.3, 0.4) is 0 Å². The number of rotatable bonds is 4. The number of benzene rings is 1. The molecule has 2 aliphatic rings. The lowest BCUT2D eigenvalue weighted by Crippen LogP contribution is -2.21. The predicted octanol–water partition coefficient (Wildman–Crippen LogP) is 2.51. The Hall–Kier alpha value is -2.47. The van der Waals surface area contributed by atoms with Crippen LogP contribution in [0.25, 0.3) is 11.3 Å². The second kappa shape index (κ2) is 6.80. The number of nitrogens with zero attached hydrogens (tertiary/aromatic N) is 2. The molecule has 1 saturated heterocycles. The Morgan fingerprint density at radius 2 is 1.80 bits per heavy atom. The number of carbonyl (C=O) groups excluding carboxylic acids is 1. The molecule has 0 radical (unpaired) electrons. The van der Waals surface area contributed by atoms with Crippen molar-refractivity contribution in [3.8, 4) is 11.3 Å². The van der Waals surface area contributed by atoms with Gasteiger partial charge in [-0.25, -0.2) is 4.98 Å². The fourth-order valence-electron chi connectivity index (χ4n) is 3.97. The fraction of sp³-hybridized carbons (Fsp3) is 0.421. The Bertz CT molecular complexity index is 731. The second-order valence-electron chi connectivity index (χ2n) is 7.04. The molecular weight excluding hydrogens is 314 g/mol. The van der Waals surface area contributed by atoms with Crippen molar-refractivity contribution in [1.29, 1.82) is 0 Å². The molecule has 4 rings (SSSR count). The number of carbonyl (C=O) groups is 1. The molecule has 1 aromatic heterocycles. The van der Waals surface area contributed by atoms with Gasteiger partial charge in [0.15, 0.2) is 0 Å². The Balaban J connectivity index is 1.39. The van der Waals surface area contributed by atoms with E-state index < -0.39 is 0 Å². The Morgan fingerprint density at radius 3 is 2.40 bits per heavy atom.